The first-order valence-corrected chi connectivity index (χ1v) is 6.74. The minimum absolute atomic E-state index is 0.145. The highest BCUT2D eigenvalue weighted by Gasteiger charge is 2.11. The summed E-state index contributed by atoms with van der Waals surface area (Å²) in [6.07, 6.45) is 2.67. The summed E-state index contributed by atoms with van der Waals surface area (Å²) in [5, 5.41) is 17.2. The van der Waals surface area contributed by atoms with Gasteiger partial charge in [0.1, 0.15) is 0 Å². The Morgan fingerprint density at radius 3 is 3.00 bits per heavy atom. The smallest absolute Gasteiger partial charge is 0.252 e. The Balaban J connectivity index is 2.05. The Hall–Kier alpha value is -1.95. The van der Waals surface area contributed by atoms with E-state index in [4.69, 9.17) is 5.11 Å². The number of nitrogens with zero attached hydrogens (tertiary/aromatic N) is 3. The second-order valence-corrected chi connectivity index (χ2v) is 5.05. The highest BCUT2D eigenvalue weighted by atomic mass is 16.3. The molecule has 0 bridgehead atoms. The van der Waals surface area contributed by atoms with Crippen LogP contribution in [-0.2, 0) is 7.05 Å². The third-order valence-corrected chi connectivity index (χ3v) is 3.21. The van der Waals surface area contributed by atoms with E-state index in [9.17, 15) is 4.79 Å². The van der Waals surface area contributed by atoms with Crippen LogP contribution >= 0.6 is 0 Å². The van der Waals surface area contributed by atoms with Crippen LogP contribution in [0, 0.1) is 6.92 Å². The quantitative estimate of drug-likeness (QED) is 0.803. The average Bonchev–Trinajstić information content (AvgIpc) is 2.69. The minimum atomic E-state index is -0.331. The summed E-state index contributed by atoms with van der Waals surface area (Å²) in [6, 6.07) is 1.81. The van der Waals surface area contributed by atoms with E-state index in [1.54, 1.807) is 17.8 Å². The van der Waals surface area contributed by atoms with E-state index in [0.29, 0.717) is 18.5 Å². The largest absolute Gasteiger partial charge is 0.393 e. The fraction of sp³-hybridized carbons (Fsp3) is 0.500. The van der Waals surface area contributed by atoms with E-state index in [-0.39, 0.29) is 12.0 Å². The van der Waals surface area contributed by atoms with Crippen molar-refractivity contribution >= 4 is 16.9 Å². The number of aryl methyl sites for hydroxylation is 2. The van der Waals surface area contributed by atoms with Crippen molar-refractivity contribution in [2.24, 2.45) is 7.05 Å². The number of fused-ring (bicyclic) bond motifs is 1. The van der Waals surface area contributed by atoms with Crippen molar-refractivity contribution in [3.63, 3.8) is 0 Å². The van der Waals surface area contributed by atoms with Gasteiger partial charge in [-0.25, -0.2) is 4.98 Å². The lowest BCUT2D eigenvalue weighted by Crippen LogP contribution is -2.25. The van der Waals surface area contributed by atoms with Crippen molar-refractivity contribution in [3.05, 3.63) is 23.5 Å². The minimum Gasteiger partial charge on any atom is -0.393 e. The highest BCUT2D eigenvalue weighted by Crippen LogP contribution is 2.16. The second-order valence-electron chi connectivity index (χ2n) is 5.05. The van der Waals surface area contributed by atoms with Crippen LogP contribution in [0.15, 0.2) is 12.3 Å². The lowest BCUT2D eigenvalue weighted by atomic mass is 10.2. The van der Waals surface area contributed by atoms with E-state index in [1.807, 2.05) is 20.0 Å². The maximum atomic E-state index is 12.0. The number of amides is 1. The molecule has 2 rings (SSSR count). The molecule has 2 aromatic heterocycles. The number of aliphatic hydroxyl groups excluding tert-OH is 1. The number of carbonyl (C=O) groups excluding carboxylic acids is 1. The predicted molar refractivity (Wildman–Crippen MR) is 76.5 cm³/mol. The SMILES string of the molecule is Cc1nn(C)c2ncc(C(=O)NCCCC(C)O)cc12. The summed E-state index contributed by atoms with van der Waals surface area (Å²) >= 11 is 0. The van der Waals surface area contributed by atoms with Gasteiger partial charge in [-0.05, 0) is 32.8 Å². The van der Waals surface area contributed by atoms with Crippen LogP contribution in [0.5, 0.6) is 0 Å². The average molecular weight is 276 g/mol. The summed E-state index contributed by atoms with van der Waals surface area (Å²) in [6.45, 7) is 4.19. The van der Waals surface area contributed by atoms with E-state index in [1.165, 1.54) is 0 Å². The molecule has 6 heteroatoms. The molecule has 1 unspecified atom stereocenters. The molecule has 0 aliphatic carbocycles. The molecule has 0 fully saturated rings. The van der Waals surface area contributed by atoms with Crippen LogP contribution in [0.4, 0.5) is 0 Å². The van der Waals surface area contributed by atoms with Gasteiger partial charge < -0.3 is 10.4 Å². The Morgan fingerprint density at radius 1 is 1.55 bits per heavy atom. The van der Waals surface area contributed by atoms with Crippen molar-refractivity contribution in [1.29, 1.82) is 0 Å². The zero-order valence-electron chi connectivity index (χ0n) is 12.1. The Kier molecular flexibility index (Phi) is 4.34. The first-order chi connectivity index (χ1) is 9.49. The number of pyridine rings is 1. The standard InChI is InChI=1S/C14H20N4O2/c1-9(19)5-4-6-15-14(20)11-7-12-10(2)17-18(3)13(12)16-8-11/h7-9,19H,4-6H2,1-3H3,(H,15,20). The molecule has 0 aliphatic heterocycles. The third-order valence-electron chi connectivity index (χ3n) is 3.21. The van der Waals surface area contributed by atoms with E-state index >= 15 is 0 Å². The van der Waals surface area contributed by atoms with E-state index in [0.717, 1.165) is 23.1 Å². The van der Waals surface area contributed by atoms with Crippen LogP contribution in [-0.4, -0.2) is 38.4 Å². The van der Waals surface area contributed by atoms with Crippen LogP contribution < -0.4 is 5.32 Å². The fourth-order valence-electron chi connectivity index (χ4n) is 2.13. The summed E-state index contributed by atoms with van der Waals surface area (Å²) in [7, 11) is 1.83. The first-order valence-electron chi connectivity index (χ1n) is 6.74. The van der Waals surface area contributed by atoms with E-state index < -0.39 is 0 Å². The highest BCUT2D eigenvalue weighted by molar-refractivity contribution is 5.97. The molecular weight excluding hydrogens is 256 g/mol. The summed E-state index contributed by atoms with van der Waals surface area (Å²) in [5.41, 5.74) is 2.16. The zero-order chi connectivity index (χ0) is 14.7. The molecule has 0 spiro atoms. The normalized spacial score (nSPS) is 12.6. The van der Waals surface area contributed by atoms with Gasteiger partial charge in [-0.3, -0.25) is 9.48 Å². The molecule has 2 N–H and O–H groups in total. The number of carbonyl (C=O) groups is 1. The summed E-state index contributed by atoms with van der Waals surface area (Å²) in [5.74, 6) is -0.145. The topological polar surface area (TPSA) is 80.0 Å². The van der Waals surface area contributed by atoms with Gasteiger partial charge in [0.05, 0.1) is 17.4 Å². The summed E-state index contributed by atoms with van der Waals surface area (Å²) < 4.78 is 1.70. The maximum Gasteiger partial charge on any atom is 0.252 e. The number of hydrogen-bond acceptors (Lipinski definition) is 4. The molecule has 0 radical (unpaired) electrons. The summed E-state index contributed by atoms with van der Waals surface area (Å²) in [4.78, 5) is 16.3. The van der Waals surface area contributed by atoms with Gasteiger partial charge in [0.25, 0.3) is 5.91 Å². The number of aliphatic hydroxyl groups is 1. The molecular formula is C14H20N4O2. The monoisotopic (exact) mass is 276 g/mol. The lowest BCUT2D eigenvalue weighted by Gasteiger charge is -2.06. The molecule has 0 aromatic carbocycles. The van der Waals surface area contributed by atoms with Gasteiger partial charge >= 0.3 is 0 Å². The molecule has 2 aromatic rings. The Bertz CT molecular complexity index is 619. The number of hydrogen-bond donors (Lipinski definition) is 2. The number of aromatic nitrogens is 3. The van der Waals surface area contributed by atoms with Crippen molar-refractivity contribution < 1.29 is 9.90 Å². The van der Waals surface area contributed by atoms with Crippen molar-refractivity contribution in [2.75, 3.05) is 6.54 Å². The Labute approximate surface area is 117 Å². The zero-order valence-corrected chi connectivity index (χ0v) is 12.1. The fourth-order valence-corrected chi connectivity index (χ4v) is 2.13. The predicted octanol–water partition coefficient (Wildman–Crippen LogP) is 1.17. The molecule has 108 valence electrons. The van der Waals surface area contributed by atoms with Gasteiger partial charge in [-0.2, -0.15) is 5.10 Å². The molecule has 6 nitrogen and oxygen atoms in total. The third kappa shape index (κ3) is 3.14. The Morgan fingerprint density at radius 2 is 2.30 bits per heavy atom. The second kappa shape index (κ2) is 6.00. The molecule has 1 atom stereocenters. The van der Waals surface area contributed by atoms with Crippen LogP contribution in [0.25, 0.3) is 11.0 Å². The van der Waals surface area contributed by atoms with Crippen LogP contribution in [0.3, 0.4) is 0 Å². The molecule has 0 aliphatic rings. The first kappa shape index (κ1) is 14.5. The molecule has 0 saturated carbocycles. The van der Waals surface area contributed by atoms with Gasteiger partial charge in [0.15, 0.2) is 5.65 Å². The number of rotatable bonds is 5. The lowest BCUT2D eigenvalue weighted by molar-refractivity contribution is 0.0949. The molecule has 20 heavy (non-hydrogen) atoms. The van der Waals surface area contributed by atoms with Crippen LogP contribution in [0.2, 0.25) is 0 Å². The van der Waals surface area contributed by atoms with Crippen LogP contribution in [0.1, 0.15) is 35.8 Å². The molecule has 0 saturated heterocycles. The molecule has 2 heterocycles. The van der Waals surface area contributed by atoms with Crippen molar-refractivity contribution in [2.45, 2.75) is 32.8 Å². The number of nitrogens with one attached hydrogen (secondary N) is 1. The molecule has 1 amide bonds. The van der Waals surface area contributed by atoms with Crippen molar-refractivity contribution in [3.8, 4) is 0 Å². The van der Waals surface area contributed by atoms with E-state index in [2.05, 4.69) is 15.4 Å². The van der Waals surface area contributed by atoms with Gasteiger partial charge in [-0.15, -0.1) is 0 Å². The van der Waals surface area contributed by atoms with Gasteiger partial charge in [0, 0.05) is 25.2 Å². The van der Waals surface area contributed by atoms with Gasteiger partial charge in [0.2, 0.25) is 0 Å². The van der Waals surface area contributed by atoms with Gasteiger partial charge in [-0.1, -0.05) is 0 Å². The maximum absolute atomic E-state index is 12.0. The van der Waals surface area contributed by atoms with Crippen molar-refractivity contribution in [1.82, 2.24) is 20.1 Å².